The van der Waals surface area contributed by atoms with Gasteiger partial charge in [-0.3, -0.25) is 4.79 Å². The Labute approximate surface area is 109 Å². The van der Waals surface area contributed by atoms with E-state index < -0.39 is 0 Å². The maximum absolute atomic E-state index is 11.1. The lowest BCUT2D eigenvalue weighted by atomic mass is 10.1. The number of rotatable bonds is 4. The lowest BCUT2D eigenvalue weighted by Gasteiger charge is -2.21. The predicted octanol–water partition coefficient (Wildman–Crippen LogP) is 3.14. The molecule has 98 valence electrons. The van der Waals surface area contributed by atoms with Crippen LogP contribution in [0.15, 0.2) is 29.8 Å². The zero-order valence-electron chi connectivity index (χ0n) is 11.5. The largest absolute Gasteiger partial charge is 0.488 e. The van der Waals surface area contributed by atoms with Crippen LogP contribution < -0.4 is 10.5 Å². The molecule has 1 aromatic rings. The summed E-state index contributed by atoms with van der Waals surface area (Å²) in [5.74, 6) is 0.448. The Morgan fingerprint density at radius 2 is 1.83 bits per heavy atom. The number of hydrogen-bond donors (Lipinski definition) is 1. The molecule has 0 saturated carbocycles. The first-order chi connectivity index (χ1) is 8.31. The van der Waals surface area contributed by atoms with E-state index in [-0.39, 0.29) is 11.5 Å². The van der Waals surface area contributed by atoms with Crippen LogP contribution >= 0.6 is 0 Å². The van der Waals surface area contributed by atoms with Crippen molar-refractivity contribution in [2.45, 2.75) is 39.7 Å². The van der Waals surface area contributed by atoms with E-state index >= 15 is 0 Å². The summed E-state index contributed by atoms with van der Waals surface area (Å²) in [6, 6.07) is 7.62. The normalized spacial score (nSPS) is 12.3. The first-order valence-electron chi connectivity index (χ1n) is 6.11. The molecule has 3 nitrogen and oxygen atoms in total. The number of hydrogen-bond acceptors (Lipinski definition) is 2. The van der Waals surface area contributed by atoms with E-state index in [9.17, 15) is 4.79 Å². The summed E-state index contributed by atoms with van der Waals surface area (Å²) in [5, 5.41) is 0. The number of nitrogens with two attached hydrogens (primary N) is 1. The second-order valence-electron chi connectivity index (χ2n) is 5.17. The summed E-state index contributed by atoms with van der Waals surface area (Å²) in [5.41, 5.74) is 6.64. The highest BCUT2D eigenvalue weighted by Gasteiger charge is 2.11. The molecule has 1 amide bonds. The summed E-state index contributed by atoms with van der Waals surface area (Å²) in [7, 11) is 0. The van der Waals surface area contributed by atoms with E-state index in [0.717, 1.165) is 11.3 Å². The molecule has 0 heterocycles. The van der Waals surface area contributed by atoms with E-state index in [4.69, 9.17) is 10.5 Å². The van der Waals surface area contributed by atoms with Crippen LogP contribution in [0, 0.1) is 0 Å². The lowest BCUT2D eigenvalue weighted by Crippen LogP contribution is -2.22. The molecular weight excluding hydrogens is 226 g/mol. The minimum Gasteiger partial charge on any atom is -0.488 e. The van der Waals surface area contributed by atoms with Gasteiger partial charge in [0.05, 0.1) is 0 Å². The summed E-state index contributed by atoms with van der Waals surface area (Å²) in [4.78, 5) is 11.1. The molecular formula is C15H21NO2. The lowest BCUT2D eigenvalue weighted by molar-refractivity contribution is -0.114. The van der Waals surface area contributed by atoms with Crippen LogP contribution in [0.3, 0.4) is 0 Å². The number of carbonyl (C=O) groups excluding carboxylic acids is 1. The molecule has 2 N–H and O–H groups in total. The second kappa shape index (κ2) is 5.71. The van der Waals surface area contributed by atoms with Gasteiger partial charge in [-0.05, 0) is 51.0 Å². The highest BCUT2D eigenvalue weighted by molar-refractivity contribution is 5.96. The van der Waals surface area contributed by atoms with Crippen molar-refractivity contribution in [1.82, 2.24) is 0 Å². The Morgan fingerprint density at radius 3 is 2.22 bits per heavy atom. The third-order valence-electron chi connectivity index (χ3n) is 2.34. The van der Waals surface area contributed by atoms with Gasteiger partial charge in [0.1, 0.15) is 11.4 Å². The van der Waals surface area contributed by atoms with E-state index in [1.54, 1.807) is 0 Å². The van der Waals surface area contributed by atoms with Crippen LogP contribution in [-0.4, -0.2) is 11.5 Å². The van der Waals surface area contributed by atoms with Crippen molar-refractivity contribution in [2.24, 2.45) is 5.73 Å². The fraction of sp³-hybridized carbons (Fsp3) is 0.400. The van der Waals surface area contributed by atoms with Gasteiger partial charge >= 0.3 is 0 Å². The Hall–Kier alpha value is -1.77. The van der Waals surface area contributed by atoms with Crippen LogP contribution in [0.1, 0.15) is 39.7 Å². The minimum atomic E-state index is -0.368. The van der Waals surface area contributed by atoms with Gasteiger partial charge in [0, 0.05) is 5.57 Å². The molecule has 18 heavy (non-hydrogen) atoms. The van der Waals surface area contributed by atoms with Crippen LogP contribution in [-0.2, 0) is 4.79 Å². The van der Waals surface area contributed by atoms with E-state index in [1.807, 2.05) is 58.0 Å². The molecule has 0 atom stereocenters. The second-order valence-corrected chi connectivity index (χ2v) is 5.17. The molecule has 0 unspecified atom stereocenters. The summed E-state index contributed by atoms with van der Waals surface area (Å²) in [6.45, 7) is 7.92. The van der Waals surface area contributed by atoms with E-state index in [1.165, 1.54) is 0 Å². The Bertz CT molecular complexity index is 439. The molecule has 0 aliphatic heterocycles. The molecule has 0 radical (unpaired) electrons. The average molecular weight is 247 g/mol. The standard InChI is InChI=1S/C15H21NO2/c1-5-12(14(16)17)10-11-6-8-13(9-7-11)18-15(2,3)4/h6-10H,5H2,1-4H3,(H2,16,17)/b12-10-. The van der Waals surface area contributed by atoms with Crippen molar-refractivity contribution in [1.29, 1.82) is 0 Å². The average Bonchev–Trinajstić information content (AvgIpc) is 2.25. The first-order valence-corrected chi connectivity index (χ1v) is 6.11. The SMILES string of the molecule is CC/C(=C/c1ccc(OC(C)(C)C)cc1)C(N)=O. The molecule has 0 aliphatic rings. The van der Waals surface area contributed by atoms with E-state index in [2.05, 4.69) is 0 Å². The third-order valence-corrected chi connectivity index (χ3v) is 2.34. The Kier molecular flexibility index (Phi) is 4.54. The number of carbonyl (C=O) groups is 1. The van der Waals surface area contributed by atoms with Crippen LogP contribution in [0.25, 0.3) is 6.08 Å². The molecule has 0 aromatic heterocycles. The van der Waals surface area contributed by atoms with Gasteiger partial charge in [0.15, 0.2) is 0 Å². The van der Waals surface area contributed by atoms with Gasteiger partial charge in [-0.15, -0.1) is 0 Å². The predicted molar refractivity (Wildman–Crippen MR) is 74.3 cm³/mol. The fourth-order valence-corrected chi connectivity index (χ4v) is 1.53. The Morgan fingerprint density at radius 1 is 1.28 bits per heavy atom. The van der Waals surface area contributed by atoms with Crippen molar-refractivity contribution in [3.63, 3.8) is 0 Å². The molecule has 0 fully saturated rings. The van der Waals surface area contributed by atoms with Crippen LogP contribution in [0.5, 0.6) is 5.75 Å². The molecule has 1 rings (SSSR count). The van der Waals surface area contributed by atoms with Crippen LogP contribution in [0.2, 0.25) is 0 Å². The number of primary amides is 1. The quantitative estimate of drug-likeness (QED) is 0.831. The maximum atomic E-state index is 11.1. The summed E-state index contributed by atoms with van der Waals surface area (Å²) in [6.07, 6.45) is 2.44. The fourth-order valence-electron chi connectivity index (χ4n) is 1.53. The molecule has 0 aliphatic carbocycles. The molecule has 3 heteroatoms. The van der Waals surface area contributed by atoms with Crippen molar-refractivity contribution < 1.29 is 9.53 Å². The highest BCUT2D eigenvalue weighted by atomic mass is 16.5. The van der Waals surface area contributed by atoms with Crippen molar-refractivity contribution in [2.75, 3.05) is 0 Å². The van der Waals surface area contributed by atoms with Gasteiger partial charge in [0.2, 0.25) is 5.91 Å². The van der Waals surface area contributed by atoms with Crippen molar-refractivity contribution in [3.8, 4) is 5.75 Å². The Balaban J connectivity index is 2.86. The highest BCUT2D eigenvalue weighted by Crippen LogP contribution is 2.19. The van der Waals surface area contributed by atoms with Crippen LogP contribution in [0.4, 0.5) is 0 Å². The first kappa shape index (κ1) is 14.3. The van der Waals surface area contributed by atoms with Gasteiger partial charge in [0.25, 0.3) is 0 Å². The molecule has 0 spiro atoms. The monoisotopic (exact) mass is 247 g/mol. The topological polar surface area (TPSA) is 52.3 Å². The molecule has 0 bridgehead atoms. The third kappa shape index (κ3) is 4.62. The summed E-state index contributed by atoms with van der Waals surface area (Å²) >= 11 is 0. The van der Waals surface area contributed by atoms with Gasteiger partial charge in [-0.2, -0.15) is 0 Å². The number of benzene rings is 1. The minimum absolute atomic E-state index is 0.209. The maximum Gasteiger partial charge on any atom is 0.244 e. The summed E-state index contributed by atoms with van der Waals surface area (Å²) < 4.78 is 5.72. The number of ether oxygens (including phenoxy) is 1. The zero-order chi connectivity index (χ0) is 13.8. The van der Waals surface area contributed by atoms with Gasteiger partial charge < -0.3 is 10.5 Å². The van der Waals surface area contributed by atoms with Crippen molar-refractivity contribution >= 4 is 12.0 Å². The molecule has 0 saturated heterocycles. The number of amides is 1. The van der Waals surface area contributed by atoms with Crippen molar-refractivity contribution in [3.05, 3.63) is 35.4 Å². The van der Waals surface area contributed by atoms with Gasteiger partial charge in [-0.1, -0.05) is 19.1 Å². The molecule has 1 aromatic carbocycles. The van der Waals surface area contributed by atoms with E-state index in [0.29, 0.717) is 12.0 Å². The smallest absolute Gasteiger partial charge is 0.244 e. The van der Waals surface area contributed by atoms with Gasteiger partial charge in [-0.25, -0.2) is 0 Å². The zero-order valence-corrected chi connectivity index (χ0v) is 11.5.